The molecule has 0 spiro atoms. The normalized spacial score (nSPS) is 15.2. The molecule has 0 radical (unpaired) electrons. The largest absolute Gasteiger partial charge is 0.381 e. The lowest BCUT2D eigenvalue weighted by molar-refractivity contribution is 0.0890. The first-order chi connectivity index (χ1) is 7.24. The predicted octanol–water partition coefficient (Wildman–Crippen LogP) is 3.35. The van der Waals surface area contributed by atoms with E-state index in [4.69, 9.17) is 10.5 Å². The predicted molar refractivity (Wildman–Crippen MR) is 67.0 cm³/mol. The number of unbranched alkanes of at least 4 members (excludes halogenated alkanes) is 1. The number of nitrogens with two attached hydrogens (primary N) is 1. The topological polar surface area (TPSA) is 35.2 Å². The minimum Gasteiger partial charge on any atom is -0.381 e. The van der Waals surface area contributed by atoms with Gasteiger partial charge in [-0.15, -0.1) is 0 Å². The van der Waals surface area contributed by atoms with Crippen LogP contribution in [0, 0.1) is 5.41 Å². The SMILES string of the molecule is CCCCC(CC)(CN)CCOCCC. The maximum absolute atomic E-state index is 5.92. The molecular formula is C13H29NO. The van der Waals surface area contributed by atoms with E-state index in [9.17, 15) is 0 Å². The molecule has 15 heavy (non-hydrogen) atoms. The molecule has 0 fully saturated rings. The maximum atomic E-state index is 5.92. The number of hydrogen-bond donors (Lipinski definition) is 1. The monoisotopic (exact) mass is 215 g/mol. The van der Waals surface area contributed by atoms with Crippen LogP contribution in [0.1, 0.15) is 59.3 Å². The summed E-state index contributed by atoms with van der Waals surface area (Å²) in [7, 11) is 0. The van der Waals surface area contributed by atoms with E-state index in [-0.39, 0.29) is 0 Å². The smallest absolute Gasteiger partial charge is 0.0471 e. The molecule has 1 unspecified atom stereocenters. The van der Waals surface area contributed by atoms with E-state index in [1.54, 1.807) is 0 Å². The standard InChI is InChI=1S/C13H29NO/c1-4-7-8-13(6-3,12-14)9-11-15-10-5-2/h4-12,14H2,1-3H3. The summed E-state index contributed by atoms with van der Waals surface area (Å²) in [6.45, 7) is 9.21. The van der Waals surface area contributed by atoms with Crippen molar-refractivity contribution in [2.45, 2.75) is 59.3 Å². The molecular weight excluding hydrogens is 186 g/mol. The van der Waals surface area contributed by atoms with Gasteiger partial charge in [-0.25, -0.2) is 0 Å². The second kappa shape index (κ2) is 9.17. The molecule has 0 rings (SSSR count). The average molecular weight is 215 g/mol. The van der Waals surface area contributed by atoms with Crippen LogP contribution in [0.5, 0.6) is 0 Å². The van der Waals surface area contributed by atoms with Crippen molar-refractivity contribution >= 4 is 0 Å². The van der Waals surface area contributed by atoms with Gasteiger partial charge in [-0.1, -0.05) is 33.6 Å². The molecule has 0 aromatic heterocycles. The van der Waals surface area contributed by atoms with Gasteiger partial charge in [-0.2, -0.15) is 0 Å². The molecule has 1 atom stereocenters. The van der Waals surface area contributed by atoms with Crippen molar-refractivity contribution in [1.82, 2.24) is 0 Å². The highest BCUT2D eigenvalue weighted by molar-refractivity contribution is 4.78. The Balaban J connectivity index is 3.88. The number of ether oxygens (including phenoxy) is 1. The van der Waals surface area contributed by atoms with Crippen molar-refractivity contribution in [3.63, 3.8) is 0 Å². The van der Waals surface area contributed by atoms with Gasteiger partial charge in [0.05, 0.1) is 0 Å². The van der Waals surface area contributed by atoms with Gasteiger partial charge in [-0.3, -0.25) is 0 Å². The summed E-state index contributed by atoms with van der Waals surface area (Å²) in [5, 5.41) is 0. The molecule has 92 valence electrons. The van der Waals surface area contributed by atoms with Gasteiger partial charge in [0.15, 0.2) is 0 Å². The molecule has 0 aromatic rings. The molecule has 0 amide bonds. The highest BCUT2D eigenvalue weighted by Gasteiger charge is 2.25. The zero-order valence-corrected chi connectivity index (χ0v) is 10.8. The van der Waals surface area contributed by atoms with E-state index in [0.29, 0.717) is 5.41 Å². The lowest BCUT2D eigenvalue weighted by Gasteiger charge is -2.31. The molecule has 0 aliphatic rings. The summed E-state index contributed by atoms with van der Waals surface area (Å²) in [5.41, 5.74) is 6.26. The van der Waals surface area contributed by atoms with Gasteiger partial charge in [-0.05, 0) is 37.6 Å². The zero-order chi connectivity index (χ0) is 11.6. The van der Waals surface area contributed by atoms with Crippen molar-refractivity contribution < 1.29 is 4.74 Å². The zero-order valence-electron chi connectivity index (χ0n) is 10.8. The molecule has 0 saturated carbocycles. The Labute approximate surface area is 95.6 Å². The quantitative estimate of drug-likeness (QED) is 0.567. The van der Waals surface area contributed by atoms with Gasteiger partial charge >= 0.3 is 0 Å². The van der Waals surface area contributed by atoms with Gasteiger partial charge in [0.2, 0.25) is 0 Å². The van der Waals surface area contributed by atoms with Crippen LogP contribution >= 0.6 is 0 Å². The molecule has 0 aromatic carbocycles. The first-order valence-corrected chi connectivity index (χ1v) is 6.52. The summed E-state index contributed by atoms with van der Waals surface area (Å²) in [6, 6.07) is 0. The second-order valence-corrected chi connectivity index (χ2v) is 4.52. The molecule has 2 N–H and O–H groups in total. The van der Waals surface area contributed by atoms with E-state index in [0.717, 1.165) is 32.6 Å². The summed E-state index contributed by atoms with van der Waals surface area (Å²) in [4.78, 5) is 0. The van der Waals surface area contributed by atoms with Gasteiger partial charge in [0, 0.05) is 13.2 Å². The number of rotatable bonds is 10. The Morgan fingerprint density at radius 3 is 2.20 bits per heavy atom. The Morgan fingerprint density at radius 1 is 1.00 bits per heavy atom. The first kappa shape index (κ1) is 14.9. The van der Waals surface area contributed by atoms with E-state index < -0.39 is 0 Å². The van der Waals surface area contributed by atoms with Crippen LogP contribution in [0.2, 0.25) is 0 Å². The minimum atomic E-state index is 0.337. The van der Waals surface area contributed by atoms with Crippen LogP contribution in [-0.2, 0) is 4.74 Å². The highest BCUT2D eigenvalue weighted by atomic mass is 16.5. The first-order valence-electron chi connectivity index (χ1n) is 6.52. The van der Waals surface area contributed by atoms with Crippen LogP contribution in [0.3, 0.4) is 0 Å². The molecule has 0 aliphatic heterocycles. The van der Waals surface area contributed by atoms with Crippen molar-refractivity contribution in [1.29, 1.82) is 0 Å². The highest BCUT2D eigenvalue weighted by Crippen LogP contribution is 2.31. The van der Waals surface area contributed by atoms with Crippen molar-refractivity contribution in [3.05, 3.63) is 0 Å². The van der Waals surface area contributed by atoms with Gasteiger partial charge in [0.1, 0.15) is 0 Å². The Hall–Kier alpha value is -0.0800. The van der Waals surface area contributed by atoms with Crippen LogP contribution < -0.4 is 5.73 Å². The summed E-state index contributed by atoms with van der Waals surface area (Å²) in [6.07, 6.45) is 7.22. The Bertz CT molecular complexity index is 132. The number of hydrogen-bond acceptors (Lipinski definition) is 2. The summed E-state index contributed by atoms with van der Waals surface area (Å²) in [5.74, 6) is 0. The maximum Gasteiger partial charge on any atom is 0.0471 e. The Morgan fingerprint density at radius 2 is 1.73 bits per heavy atom. The fraction of sp³-hybridized carbons (Fsp3) is 1.00. The molecule has 2 nitrogen and oxygen atoms in total. The lowest BCUT2D eigenvalue weighted by atomic mass is 9.77. The van der Waals surface area contributed by atoms with E-state index in [1.165, 1.54) is 25.7 Å². The third kappa shape index (κ3) is 6.16. The second-order valence-electron chi connectivity index (χ2n) is 4.52. The van der Waals surface area contributed by atoms with Gasteiger partial charge < -0.3 is 10.5 Å². The molecule has 0 bridgehead atoms. The molecule has 0 aliphatic carbocycles. The van der Waals surface area contributed by atoms with Crippen molar-refractivity contribution in [3.8, 4) is 0 Å². The van der Waals surface area contributed by atoms with Crippen molar-refractivity contribution in [2.75, 3.05) is 19.8 Å². The van der Waals surface area contributed by atoms with Crippen molar-refractivity contribution in [2.24, 2.45) is 11.1 Å². The van der Waals surface area contributed by atoms with E-state index in [2.05, 4.69) is 20.8 Å². The van der Waals surface area contributed by atoms with Crippen LogP contribution in [0.4, 0.5) is 0 Å². The van der Waals surface area contributed by atoms with Crippen LogP contribution in [0.15, 0.2) is 0 Å². The Kier molecular flexibility index (Phi) is 9.12. The summed E-state index contributed by atoms with van der Waals surface area (Å²) < 4.78 is 5.57. The summed E-state index contributed by atoms with van der Waals surface area (Å²) >= 11 is 0. The third-order valence-electron chi connectivity index (χ3n) is 3.37. The fourth-order valence-electron chi connectivity index (χ4n) is 1.91. The molecule has 0 heterocycles. The lowest BCUT2D eigenvalue weighted by Crippen LogP contribution is -2.31. The minimum absolute atomic E-state index is 0.337. The molecule has 2 heteroatoms. The average Bonchev–Trinajstić information content (AvgIpc) is 2.29. The van der Waals surface area contributed by atoms with E-state index >= 15 is 0 Å². The third-order valence-corrected chi connectivity index (χ3v) is 3.37. The van der Waals surface area contributed by atoms with E-state index in [1.807, 2.05) is 0 Å². The fourth-order valence-corrected chi connectivity index (χ4v) is 1.91. The van der Waals surface area contributed by atoms with Gasteiger partial charge in [0.25, 0.3) is 0 Å². The van der Waals surface area contributed by atoms with Crippen LogP contribution in [0.25, 0.3) is 0 Å². The van der Waals surface area contributed by atoms with Crippen LogP contribution in [-0.4, -0.2) is 19.8 Å². The molecule has 0 saturated heterocycles.